The standard InChI is InChI=1S/C15H22O3.C14H12O2.C12H18O3.C11H12O2.2C8H8.5C2H6O/c1-10(2)13(17)18-15-6-11-3-12(7-15)5-14(4-11,8-15)9-16;1-10(2)14(15)16-13-9-5-7-11-6-3-4-8-12(11)13;1-7(2)12(14)15-11-5-8-3-9(11)4-10(8)6-13;1-9(2)11(12)13-8-10-6-4-3-5-7-10;2*1-2-8-6-4-3-5-7-8;5*1-2-3/h11-12,16H,1,3-9H2,2H3;3-9H,1H2,2H3;8-11,13H,1,3-6H2,2H3;3-7H,1,8H2,2H3;2*2-7H,1H2;5*3H,2H2,1H3. The van der Waals surface area contributed by atoms with E-state index in [-0.39, 0.29) is 81.3 Å². The Kier molecular flexibility index (Phi) is 45.0. The normalized spacial score (nSPS) is 20.3. The average Bonchev–Trinajstić information content (AvgIpc) is 1.19. The van der Waals surface area contributed by atoms with E-state index in [0.29, 0.717) is 64.2 Å². The molecule has 6 fully saturated rings. The van der Waals surface area contributed by atoms with Crippen LogP contribution in [0.4, 0.5) is 0 Å². The number of rotatable bonds is 13. The molecule has 6 unspecified atom stereocenters. The van der Waals surface area contributed by atoms with Crippen LogP contribution in [0.2, 0.25) is 0 Å². The van der Waals surface area contributed by atoms with E-state index in [2.05, 4.69) is 39.5 Å². The highest BCUT2D eigenvalue weighted by Crippen LogP contribution is 2.62. The van der Waals surface area contributed by atoms with Gasteiger partial charge in [0.25, 0.3) is 0 Å². The number of carbonyl (C=O) groups is 4. The summed E-state index contributed by atoms with van der Waals surface area (Å²) in [5.41, 5.74) is 4.82. The van der Waals surface area contributed by atoms with Crippen LogP contribution in [0.1, 0.15) is 137 Å². The second-order valence-corrected chi connectivity index (χ2v) is 23.2. The van der Waals surface area contributed by atoms with E-state index in [1.54, 1.807) is 68.4 Å². The van der Waals surface area contributed by atoms with Crippen molar-refractivity contribution in [2.75, 3.05) is 46.2 Å². The van der Waals surface area contributed by atoms with Crippen LogP contribution in [0.25, 0.3) is 22.9 Å². The molecule has 0 aromatic heterocycles. The monoisotopic (exact) mass is 1290 g/mol. The number of hydrogen-bond donors (Lipinski definition) is 7. The molecular weight excluding hydrogens is 1180 g/mol. The molecule has 0 amide bonds. The maximum absolute atomic E-state index is 11.8. The molecular formula is C78H110O15. The van der Waals surface area contributed by atoms with Crippen LogP contribution in [0.3, 0.4) is 0 Å². The Balaban J connectivity index is 0.00000106. The molecule has 5 aromatic rings. The third-order valence-electron chi connectivity index (χ3n) is 14.8. The van der Waals surface area contributed by atoms with Gasteiger partial charge in [-0.3, -0.25) is 0 Å². The lowest BCUT2D eigenvalue weighted by Crippen LogP contribution is -2.58. The van der Waals surface area contributed by atoms with E-state index in [9.17, 15) is 24.3 Å². The van der Waals surface area contributed by atoms with Gasteiger partial charge in [0.05, 0.1) is 0 Å². The summed E-state index contributed by atoms with van der Waals surface area (Å²) in [5, 5.41) is 58.7. The van der Waals surface area contributed by atoms with Crippen molar-refractivity contribution in [3.8, 4) is 5.75 Å². The van der Waals surface area contributed by atoms with Crippen molar-refractivity contribution in [3.05, 3.63) is 212 Å². The lowest BCUT2D eigenvalue weighted by atomic mass is 9.48. The largest absolute Gasteiger partial charge is 0.459 e. The minimum absolute atomic E-state index is 0.0272. The molecule has 0 spiro atoms. The fourth-order valence-electron chi connectivity index (χ4n) is 11.4. The Bertz CT molecular complexity index is 2880. The van der Waals surface area contributed by atoms with Gasteiger partial charge in [-0.05, 0) is 183 Å². The van der Waals surface area contributed by atoms with Gasteiger partial charge in [-0.25, -0.2) is 19.2 Å². The van der Waals surface area contributed by atoms with Crippen LogP contribution < -0.4 is 4.74 Å². The maximum atomic E-state index is 11.8. The van der Waals surface area contributed by atoms with Crippen LogP contribution in [0, 0.1) is 35.0 Å². The summed E-state index contributed by atoms with van der Waals surface area (Å²) in [4.78, 5) is 45.6. The van der Waals surface area contributed by atoms with Crippen molar-refractivity contribution < 1.29 is 73.9 Å². The Morgan fingerprint density at radius 2 is 0.925 bits per heavy atom. The maximum Gasteiger partial charge on any atom is 0.338 e. The van der Waals surface area contributed by atoms with E-state index in [1.807, 2.05) is 140 Å². The van der Waals surface area contributed by atoms with Gasteiger partial charge in [-0.2, -0.15) is 0 Å². The van der Waals surface area contributed by atoms with Crippen LogP contribution in [-0.2, 0) is 40.0 Å². The van der Waals surface area contributed by atoms with Crippen LogP contribution >= 0.6 is 0 Å². The first-order valence-corrected chi connectivity index (χ1v) is 32.0. The summed E-state index contributed by atoms with van der Waals surface area (Å²) in [6.45, 7) is 38.7. The zero-order chi connectivity index (χ0) is 70.4. The van der Waals surface area contributed by atoms with Gasteiger partial charge in [-0.15, -0.1) is 0 Å². The average molecular weight is 1290 g/mol. The molecule has 0 saturated heterocycles. The first-order chi connectivity index (χ1) is 44.4. The van der Waals surface area contributed by atoms with Crippen molar-refractivity contribution in [2.24, 2.45) is 35.0 Å². The molecule has 15 heteroatoms. The number of hydrogen-bond acceptors (Lipinski definition) is 15. The number of fused-ring (bicyclic) bond motifs is 3. The molecule has 0 aliphatic heterocycles. The lowest BCUT2D eigenvalue weighted by Gasteiger charge is -2.60. The Hall–Kier alpha value is -7.60. The minimum Gasteiger partial charge on any atom is -0.459 e. The van der Waals surface area contributed by atoms with Gasteiger partial charge >= 0.3 is 23.9 Å². The molecule has 7 N–H and O–H groups in total. The molecule has 0 radical (unpaired) electrons. The lowest BCUT2D eigenvalue weighted by molar-refractivity contribution is -0.203. The van der Waals surface area contributed by atoms with E-state index in [4.69, 9.17) is 49.6 Å². The quantitative estimate of drug-likeness (QED) is 0.0251. The Morgan fingerprint density at radius 3 is 1.32 bits per heavy atom. The smallest absolute Gasteiger partial charge is 0.338 e. The summed E-state index contributed by atoms with van der Waals surface area (Å²) < 4.78 is 21.4. The molecule has 11 rings (SSSR count). The second-order valence-electron chi connectivity index (χ2n) is 23.2. The number of aliphatic hydroxyl groups is 7. The number of esters is 4. The number of aliphatic hydroxyl groups excluding tert-OH is 7. The highest BCUT2D eigenvalue weighted by Gasteiger charge is 2.59. The molecule has 6 aliphatic carbocycles. The summed E-state index contributed by atoms with van der Waals surface area (Å²) in [5.74, 6) is 2.05. The zero-order valence-electron chi connectivity index (χ0n) is 57.0. The van der Waals surface area contributed by atoms with Crippen molar-refractivity contribution in [2.45, 2.75) is 138 Å². The van der Waals surface area contributed by atoms with E-state index in [1.165, 1.54) is 17.5 Å². The van der Waals surface area contributed by atoms with E-state index >= 15 is 0 Å². The number of ether oxygens (including phenoxy) is 4. The Labute approximate surface area is 555 Å². The van der Waals surface area contributed by atoms with Crippen LogP contribution in [0.15, 0.2) is 195 Å². The third kappa shape index (κ3) is 33.7. The molecule has 93 heavy (non-hydrogen) atoms. The van der Waals surface area contributed by atoms with E-state index < -0.39 is 5.97 Å². The third-order valence-corrected chi connectivity index (χ3v) is 14.8. The summed E-state index contributed by atoms with van der Waals surface area (Å²) >= 11 is 0. The van der Waals surface area contributed by atoms with Gasteiger partial charge in [0.1, 0.15) is 24.1 Å². The second kappa shape index (κ2) is 49.1. The summed E-state index contributed by atoms with van der Waals surface area (Å²) in [6, 6.07) is 43.0. The topological polar surface area (TPSA) is 247 Å². The fourth-order valence-corrected chi connectivity index (χ4v) is 11.4. The first-order valence-electron chi connectivity index (χ1n) is 32.0. The molecule has 6 aliphatic rings. The molecule has 15 nitrogen and oxygen atoms in total. The minimum atomic E-state index is -0.392. The van der Waals surface area contributed by atoms with Crippen molar-refractivity contribution in [1.82, 2.24) is 0 Å². The highest BCUT2D eigenvalue weighted by atomic mass is 16.6. The molecule has 6 saturated carbocycles. The van der Waals surface area contributed by atoms with Crippen molar-refractivity contribution in [1.29, 1.82) is 0 Å². The van der Waals surface area contributed by atoms with Crippen LogP contribution in [0.5, 0.6) is 5.75 Å². The van der Waals surface area contributed by atoms with Gasteiger partial charge in [-0.1, -0.05) is 179 Å². The predicted molar refractivity (Wildman–Crippen MR) is 376 cm³/mol. The predicted octanol–water partition coefficient (Wildman–Crippen LogP) is 14.2. The molecule has 6 bridgehead atoms. The van der Waals surface area contributed by atoms with Gasteiger partial charge in [0.15, 0.2) is 0 Å². The summed E-state index contributed by atoms with van der Waals surface area (Å²) in [6.07, 6.45) is 13.1. The van der Waals surface area contributed by atoms with Crippen LogP contribution in [-0.4, -0.2) is 118 Å². The molecule has 0 heterocycles. The SMILES string of the molecule is C=C(C)C(=O)OC12CC3CC(CC(CO)(C3)C1)C2.C=C(C)C(=O)OC1CC2CC1CC2CO.C=C(C)C(=O)OCc1ccccc1.C=C(C)C(=O)Oc1cccc2ccccc12.C=Cc1ccccc1.C=Cc1ccccc1.CCO.CCO.CCO.CCO.CCO. The van der Waals surface area contributed by atoms with Gasteiger partial charge < -0.3 is 54.7 Å². The number of carbonyl (C=O) groups excluding carboxylic acids is 4. The highest BCUT2D eigenvalue weighted by molar-refractivity contribution is 5.94. The summed E-state index contributed by atoms with van der Waals surface area (Å²) in [7, 11) is 0. The fraction of sp³-hybridized carbons (Fsp3) is 0.436. The molecule has 6 atom stereocenters. The molecule has 5 aromatic carbocycles. The van der Waals surface area contributed by atoms with Crippen molar-refractivity contribution in [3.63, 3.8) is 0 Å². The van der Waals surface area contributed by atoms with Gasteiger partial charge in [0, 0.05) is 73.9 Å². The Morgan fingerprint density at radius 1 is 0.495 bits per heavy atom. The number of benzene rings is 5. The molecule has 512 valence electrons. The van der Waals surface area contributed by atoms with E-state index in [0.717, 1.165) is 67.7 Å². The first kappa shape index (κ1) is 85.4. The van der Waals surface area contributed by atoms with Crippen molar-refractivity contribution >= 4 is 46.8 Å². The zero-order valence-corrected chi connectivity index (χ0v) is 57.0. The van der Waals surface area contributed by atoms with Gasteiger partial charge in [0.2, 0.25) is 0 Å².